The van der Waals surface area contributed by atoms with Crippen LogP contribution < -0.4 is 0 Å². The number of rotatable bonds is 4. The van der Waals surface area contributed by atoms with Gasteiger partial charge in [0.1, 0.15) is 0 Å². The van der Waals surface area contributed by atoms with Crippen LogP contribution in [-0.2, 0) is 14.6 Å². The van der Waals surface area contributed by atoms with Crippen molar-refractivity contribution < 1.29 is 17.2 Å². The van der Waals surface area contributed by atoms with Crippen LogP contribution in [0.3, 0.4) is 0 Å². The molecule has 0 radical (unpaired) electrons. The first-order valence-corrected chi connectivity index (χ1v) is 4.04. The van der Waals surface area contributed by atoms with Gasteiger partial charge in [-0.1, -0.05) is 13.3 Å². The van der Waals surface area contributed by atoms with Crippen molar-refractivity contribution in [2.24, 2.45) is 0 Å². The molecule has 0 rings (SSSR count). The molecule has 0 unspecified atom stereocenters. The zero-order valence-corrected chi connectivity index (χ0v) is 6.02. The van der Waals surface area contributed by atoms with E-state index in [1.54, 1.807) is 0 Å². The van der Waals surface area contributed by atoms with E-state index < -0.39 is 10.4 Å². The molecular formula is C4H11LiO4S. The van der Waals surface area contributed by atoms with E-state index in [4.69, 9.17) is 4.55 Å². The second-order valence-corrected chi connectivity index (χ2v) is 2.69. The Morgan fingerprint density at radius 1 is 1.50 bits per heavy atom. The van der Waals surface area contributed by atoms with Crippen molar-refractivity contribution in [2.75, 3.05) is 6.61 Å². The van der Waals surface area contributed by atoms with Crippen molar-refractivity contribution in [1.29, 1.82) is 0 Å². The van der Waals surface area contributed by atoms with E-state index in [1.807, 2.05) is 6.92 Å². The fourth-order valence-electron chi connectivity index (χ4n) is 0.309. The van der Waals surface area contributed by atoms with Gasteiger partial charge in [-0.05, 0) is 6.42 Å². The number of unbranched alkanes of at least 4 members (excludes halogenated alkanes) is 1. The van der Waals surface area contributed by atoms with E-state index in [1.165, 1.54) is 0 Å². The predicted octanol–water partition coefficient (Wildman–Crippen LogP) is -0.0426. The van der Waals surface area contributed by atoms with Gasteiger partial charge in [-0.2, -0.15) is 8.42 Å². The van der Waals surface area contributed by atoms with Crippen molar-refractivity contribution in [3.05, 3.63) is 0 Å². The van der Waals surface area contributed by atoms with Crippen molar-refractivity contribution in [1.82, 2.24) is 0 Å². The third-order valence-corrected chi connectivity index (χ3v) is 1.19. The fraction of sp³-hybridized carbons (Fsp3) is 1.00. The molecule has 0 saturated carbocycles. The Bertz CT molecular complexity index is 153. The standard InChI is InChI=1S/C4H10O4S.Li.H/c1-2-3-4-8-9(5,6)7;;/h2-4H2,1H3,(H,5,6,7);;. The summed E-state index contributed by atoms with van der Waals surface area (Å²) in [6, 6.07) is 0. The summed E-state index contributed by atoms with van der Waals surface area (Å²) in [5.41, 5.74) is 0. The van der Waals surface area contributed by atoms with Crippen LogP contribution in [0.25, 0.3) is 0 Å². The fourth-order valence-corrected chi connectivity index (χ4v) is 0.637. The molecule has 0 aliphatic carbocycles. The molecule has 58 valence electrons. The molecule has 0 aromatic heterocycles. The van der Waals surface area contributed by atoms with Gasteiger partial charge < -0.3 is 0 Å². The van der Waals surface area contributed by atoms with Gasteiger partial charge >= 0.3 is 29.3 Å². The zero-order chi connectivity index (χ0) is 7.33. The Labute approximate surface area is 73.1 Å². The molecule has 0 aromatic carbocycles. The predicted molar refractivity (Wildman–Crippen MR) is 39.6 cm³/mol. The summed E-state index contributed by atoms with van der Waals surface area (Å²) in [5, 5.41) is 0. The molecule has 0 aromatic rings. The van der Waals surface area contributed by atoms with E-state index >= 15 is 0 Å². The third kappa shape index (κ3) is 11.3. The van der Waals surface area contributed by atoms with Crippen LogP contribution in [0.1, 0.15) is 19.8 Å². The molecule has 0 aliphatic rings. The van der Waals surface area contributed by atoms with Gasteiger partial charge in [0.05, 0.1) is 6.61 Å². The second-order valence-electron chi connectivity index (χ2n) is 1.60. The Kier molecular flexibility index (Phi) is 8.11. The Morgan fingerprint density at radius 2 is 2.00 bits per heavy atom. The average molecular weight is 162 g/mol. The third-order valence-electron chi connectivity index (χ3n) is 0.730. The quantitative estimate of drug-likeness (QED) is 0.358. The molecule has 4 nitrogen and oxygen atoms in total. The Balaban J connectivity index is 0. The first-order valence-electron chi connectivity index (χ1n) is 2.68. The normalized spacial score (nSPS) is 10.6. The van der Waals surface area contributed by atoms with E-state index in [-0.39, 0.29) is 25.5 Å². The Morgan fingerprint density at radius 3 is 2.30 bits per heavy atom. The maximum absolute atomic E-state index is 9.84. The maximum atomic E-state index is 9.84. The van der Waals surface area contributed by atoms with Gasteiger partial charge in [0.15, 0.2) is 0 Å². The molecule has 0 heterocycles. The molecule has 0 saturated heterocycles. The molecule has 0 spiro atoms. The van der Waals surface area contributed by atoms with Crippen LogP contribution in [0.5, 0.6) is 0 Å². The first kappa shape index (κ1) is 13.1. The first-order chi connectivity index (χ1) is 4.06. The van der Waals surface area contributed by atoms with Crippen molar-refractivity contribution >= 4 is 29.3 Å². The van der Waals surface area contributed by atoms with Crippen LogP contribution in [0.2, 0.25) is 0 Å². The van der Waals surface area contributed by atoms with Crippen molar-refractivity contribution in [3.8, 4) is 0 Å². The van der Waals surface area contributed by atoms with Crippen LogP contribution in [0, 0.1) is 0 Å². The summed E-state index contributed by atoms with van der Waals surface area (Å²) >= 11 is 0. The van der Waals surface area contributed by atoms with Gasteiger partial charge in [-0.15, -0.1) is 0 Å². The number of hydrogen-bond acceptors (Lipinski definition) is 3. The van der Waals surface area contributed by atoms with E-state index in [0.29, 0.717) is 6.42 Å². The summed E-state index contributed by atoms with van der Waals surface area (Å²) in [6.45, 7) is 1.96. The van der Waals surface area contributed by atoms with Crippen LogP contribution in [-0.4, -0.2) is 38.4 Å². The van der Waals surface area contributed by atoms with Crippen LogP contribution >= 0.6 is 0 Å². The topological polar surface area (TPSA) is 63.6 Å². The van der Waals surface area contributed by atoms with Gasteiger partial charge in [-0.3, -0.25) is 4.55 Å². The summed E-state index contributed by atoms with van der Waals surface area (Å²) in [6.07, 6.45) is 1.48. The van der Waals surface area contributed by atoms with Gasteiger partial charge in [0.2, 0.25) is 0 Å². The molecule has 1 N–H and O–H groups in total. The molecule has 0 atom stereocenters. The summed E-state index contributed by atoms with van der Waals surface area (Å²) < 4.78 is 31.7. The van der Waals surface area contributed by atoms with E-state index in [2.05, 4.69) is 4.18 Å². The number of hydrogen-bond donors (Lipinski definition) is 1. The van der Waals surface area contributed by atoms with Gasteiger partial charge in [0.25, 0.3) is 0 Å². The molecule has 6 heteroatoms. The molecular weight excluding hydrogens is 151 g/mol. The molecule has 10 heavy (non-hydrogen) atoms. The van der Waals surface area contributed by atoms with E-state index in [0.717, 1.165) is 6.42 Å². The minimum atomic E-state index is -4.20. The van der Waals surface area contributed by atoms with Crippen molar-refractivity contribution in [2.45, 2.75) is 19.8 Å². The monoisotopic (exact) mass is 162 g/mol. The summed E-state index contributed by atoms with van der Waals surface area (Å²) in [4.78, 5) is 0. The molecule has 0 bridgehead atoms. The van der Waals surface area contributed by atoms with Gasteiger partial charge in [0, 0.05) is 0 Å². The summed E-state index contributed by atoms with van der Waals surface area (Å²) in [5.74, 6) is 0. The van der Waals surface area contributed by atoms with Crippen LogP contribution in [0.4, 0.5) is 0 Å². The van der Waals surface area contributed by atoms with Gasteiger partial charge in [-0.25, -0.2) is 4.18 Å². The second kappa shape index (κ2) is 6.20. The summed E-state index contributed by atoms with van der Waals surface area (Å²) in [7, 11) is -4.20. The van der Waals surface area contributed by atoms with E-state index in [9.17, 15) is 8.42 Å². The van der Waals surface area contributed by atoms with Crippen molar-refractivity contribution in [3.63, 3.8) is 0 Å². The average Bonchev–Trinajstić information content (AvgIpc) is 1.63. The van der Waals surface area contributed by atoms with Crippen LogP contribution in [0.15, 0.2) is 0 Å². The zero-order valence-electron chi connectivity index (χ0n) is 5.20. The minimum absolute atomic E-state index is 0. The molecule has 0 aliphatic heterocycles. The molecule has 0 amide bonds. The molecule has 0 fully saturated rings. The SMILES string of the molecule is CCCCOS(=O)(=O)O.[LiH]. The Hall–Kier alpha value is 0.467.